The Morgan fingerprint density at radius 2 is 1.65 bits per heavy atom. The SMILES string of the molecule is Cc1cccc(NC(=O)COc2ccccc2/C=C2\SC(=Nc3ccc(Cl)cc3)N(c3ccc(Cl)cc3)C2=O)c1. The Morgan fingerprint density at radius 3 is 2.38 bits per heavy atom. The van der Waals surface area contributed by atoms with Crippen molar-refractivity contribution in [3.05, 3.63) is 123 Å². The molecule has 4 aromatic carbocycles. The first-order chi connectivity index (χ1) is 19.4. The second-order valence-corrected chi connectivity index (χ2v) is 10.7. The van der Waals surface area contributed by atoms with E-state index in [0.717, 1.165) is 5.56 Å². The number of aryl methyl sites for hydroxylation is 1. The smallest absolute Gasteiger partial charge is 0.271 e. The minimum atomic E-state index is -0.286. The highest BCUT2D eigenvalue weighted by molar-refractivity contribution is 8.19. The van der Waals surface area contributed by atoms with Gasteiger partial charge in [0.05, 0.1) is 16.3 Å². The molecule has 0 radical (unpaired) electrons. The second-order valence-electron chi connectivity index (χ2n) is 8.84. The predicted octanol–water partition coefficient (Wildman–Crippen LogP) is 8.13. The summed E-state index contributed by atoms with van der Waals surface area (Å²) in [5, 5.41) is 4.48. The van der Waals surface area contributed by atoms with Gasteiger partial charge in [0.25, 0.3) is 11.8 Å². The fraction of sp³-hybridized carbons (Fsp3) is 0.0645. The van der Waals surface area contributed by atoms with E-state index in [-0.39, 0.29) is 18.4 Å². The minimum Gasteiger partial charge on any atom is -0.483 e. The summed E-state index contributed by atoms with van der Waals surface area (Å²) in [4.78, 5) is 32.9. The summed E-state index contributed by atoms with van der Waals surface area (Å²) in [6, 6.07) is 28.8. The highest BCUT2D eigenvalue weighted by Crippen LogP contribution is 2.38. The molecule has 0 saturated carbocycles. The van der Waals surface area contributed by atoms with Crippen LogP contribution in [0.1, 0.15) is 11.1 Å². The molecular formula is C31H23Cl2N3O3S. The van der Waals surface area contributed by atoms with Gasteiger partial charge in [-0.25, -0.2) is 4.99 Å². The molecule has 2 amide bonds. The normalized spacial score (nSPS) is 15.1. The Labute approximate surface area is 246 Å². The summed E-state index contributed by atoms with van der Waals surface area (Å²) in [7, 11) is 0. The zero-order chi connectivity index (χ0) is 28.1. The number of nitrogens with one attached hydrogen (secondary N) is 1. The maximum atomic E-state index is 13.7. The lowest BCUT2D eigenvalue weighted by Crippen LogP contribution is -2.28. The van der Waals surface area contributed by atoms with Crippen molar-refractivity contribution in [3.8, 4) is 5.75 Å². The van der Waals surface area contributed by atoms with Crippen molar-refractivity contribution in [2.24, 2.45) is 4.99 Å². The number of halogens is 2. The number of aliphatic imine (C=N–C) groups is 1. The topological polar surface area (TPSA) is 71.0 Å². The van der Waals surface area contributed by atoms with Gasteiger partial charge in [-0.2, -0.15) is 0 Å². The van der Waals surface area contributed by atoms with Crippen molar-refractivity contribution in [1.82, 2.24) is 0 Å². The van der Waals surface area contributed by atoms with E-state index < -0.39 is 0 Å². The Kier molecular flexibility index (Phi) is 8.55. The van der Waals surface area contributed by atoms with E-state index in [1.165, 1.54) is 11.8 Å². The lowest BCUT2D eigenvalue weighted by Gasteiger charge is -2.15. The zero-order valence-corrected chi connectivity index (χ0v) is 23.6. The van der Waals surface area contributed by atoms with Crippen LogP contribution in [0.15, 0.2) is 107 Å². The lowest BCUT2D eigenvalue weighted by molar-refractivity contribution is -0.118. The molecule has 4 aromatic rings. The van der Waals surface area contributed by atoms with Crippen LogP contribution in [0.25, 0.3) is 6.08 Å². The molecule has 200 valence electrons. The molecule has 40 heavy (non-hydrogen) atoms. The molecule has 1 aliphatic rings. The highest BCUT2D eigenvalue weighted by Gasteiger charge is 2.35. The van der Waals surface area contributed by atoms with Crippen molar-refractivity contribution >= 4 is 75.1 Å². The summed E-state index contributed by atoms with van der Waals surface area (Å²) in [5.41, 5.74) is 3.69. The number of nitrogens with zero attached hydrogens (tertiary/aromatic N) is 2. The molecule has 0 aliphatic carbocycles. The van der Waals surface area contributed by atoms with Crippen LogP contribution in [-0.2, 0) is 9.59 Å². The summed E-state index contributed by atoms with van der Waals surface area (Å²) in [6.45, 7) is 1.77. The number of rotatable bonds is 7. The largest absolute Gasteiger partial charge is 0.483 e. The number of benzene rings is 4. The molecule has 1 aliphatic heterocycles. The fourth-order valence-corrected chi connectivity index (χ4v) is 5.17. The molecule has 0 bridgehead atoms. The monoisotopic (exact) mass is 587 g/mol. The first kappa shape index (κ1) is 27.5. The van der Waals surface area contributed by atoms with Gasteiger partial charge in [-0.05, 0) is 97.1 Å². The predicted molar refractivity (Wildman–Crippen MR) is 165 cm³/mol. The van der Waals surface area contributed by atoms with Crippen molar-refractivity contribution < 1.29 is 14.3 Å². The van der Waals surface area contributed by atoms with Crippen LogP contribution in [-0.4, -0.2) is 23.6 Å². The Hall–Kier alpha value is -4.04. The van der Waals surface area contributed by atoms with Gasteiger partial charge in [0.15, 0.2) is 11.8 Å². The Morgan fingerprint density at radius 1 is 0.950 bits per heavy atom. The average Bonchev–Trinajstić information content (AvgIpc) is 3.24. The second kappa shape index (κ2) is 12.4. The number of hydrogen-bond acceptors (Lipinski definition) is 5. The third-order valence-corrected chi connectivity index (χ3v) is 7.28. The minimum absolute atomic E-state index is 0.185. The molecule has 0 aromatic heterocycles. The molecule has 1 N–H and O–H groups in total. The first-order valence-corrected chi connectivity index (χ1v) is 13.9. The van der Waals surface area contributed by atoms with Crippen molar-refractivity contribution in [2.75, 3.05) is 16.8 Å². The van der Waals surface area contributed by atoms with Gasteiger partial charge in [-0.3, -0.25) is 14.5 Å². The maximum absolute atomic E-state index is 13.7. The summed E-state index contributed by atoms with van der Waals surface area (Å²) < 4.78 is 5.86. The van der Waals surface area contributed by atoms with E-state index in [1.807, 2.05) is 49.4 Å². The van der Waals surface area contributed by atoms with Crippen molar-refractivity contribution in [3.63, 3.8) is 0 Å². The number of carbonyl (C=O) groups is 2. The van der Waals surface area contributed by atoms with Gasteiger partial charge >= 0.3 is 0 Å². The summed E-state index contributed by atoms with van der Waals surface area (Å²) in [6.07, 6.45) is 1.74. The number of para-hydroxylation sites is 1. The zero-order valence-electron chi connectivity index (χ0n) is 21.3. The van der Waals surface area contributed by atoms with Crippen LogP contribution in [0.4, 0.5) is 17.1 Å². The standard InChI is InChI=1S/C31H23Cl2N3O3S/c1-20-5-4-7-25(17-20)34-29(37)19-39-27-8-3-2-6-21(27)18-28-30(38)36(26-15-11-23(33)12-16-26)31(40-28)35-24-13-9-22(32)10-14-24/h2-18H,19H2,1H3,(H,34,37)/b28-18-,35-31?. The molecule has 1 saturated heterocycles. The third-order valence-electron chi connectivity index (χ3n) is 5.81. The number of amides is 2. The van der Waals surface area contributed by atoms with Gasteiger partial charge in [-0.15, -0.1) is 0 Å². The number of anilines is 2. The van der Waals surface area contributed by atoms with Crippen molar-refractivity contribution in [2.45, 2.75) is 6.92 Å². The lowest BCUT2D eigenvalue weighted by atomic mass is 10.2. The number of thioether (sulfide) groups is 1. The average molecular weight is 589 g/mol. The fourth-order valence-electron chi connectivity index (χ4n) is 3.93. The van der Waals surface area contributed by atoms with Gasteiger partial charge in [0, 0.05) is 21.3 Å². The Balaban J connectivity index is 1.40. The van der Waals surface area contributed by atoms with Gasteiger partial charge < -0.3 is 10.1 Å². The highest BCUT2D eigenvalue weighted by atomic mass is 35.5. The van der Waals surface area contributed by atoms with E-state index in [0.29, 0.717) is 48.5 Å². The molecule has 0 unspecified atom stereocenters. The van der Waals surface area contributed by atoms with Crippen LogP contribution in [0.3, 0.4) is 0 Å². The van der Waals surface area contributed by atoms with Crippen LogP contribution >= 0.6 is 35.0 Å². The summed E-state index contributed by atoms with van der Waals surface area (Å²) in [5.74, 6) is -0.0540. The molecular weight excluding hydrogens is 565 g/mol. The molecule has 0 spiro atoms. The van der Waals surface area contributed by atoms with Gasteiger partial charge in [-0.1, -0.05) is 53.5 Å². The first-order valence-electron chi connectivity index (χ1n) is 12.3. The number of amidine groups is 1. The molecule has 5 rings (SSSR count). The van der Waals surface area contributed by atoms with E-state index in [4.69, 9.17) is 32.9 Å². The summed E-state index contributed by atoms with van der Waals surface area (Å²) >= 11 is 13.4. The van der Waals surface area contributed by atoms with Gasteiger partial charge in [0.2, 0.25) is 0 Å². The molecule has 1 heterocycles. The molecule has 0 atom stereocenters. The Bertz CT molecular complexity index is 1620. The third kappa shape index (κ3) is 6.74. The quantitative estimate of drug-likeness (QED) is 0.221. The number of carbonyl (C=O) groups excluding carboxylic acids is 2. The number of hydrogen-bond donors (Lipinski definition) is 1. The van der Waals surface area contributed by atoms with Crippen molar-refractivity contribution in [1.29, 1.82) is 0 Å². The maximum Gasteiger partial charge on any atom is 0.271 e. The van der Waals surface area contributed by atoms with E-state index in [1.54, 1.807) is 65.6 Å². The number of ether oxygens (including phenoxy) is 1. The molecule has 6 nitrogen and oxygen atoms in total. The van der Waals surface area contributed by atoms with E-state index in [9.17, 15) is 9.59 Å². The van der Waals surface area contributed by atoms with E-state index >= 15 is 0 Å². The van der Waals surface area contributed by atoms with Crippen LogP contribution in [0.2, 0.25) is 10.0 Å². The van der Waals surface area contributed by atoms with Gasteiger partial charge in [0.1, 0.15) is 5.75 Å². The molecule has 1 fully saturated rings. The molecule has 9 heteroatoms. The van der Waals surface area contributed by atoms with Crippen LogP contribution in [0.5, 0.6) is 5.75 Å². The van der Waals surface area contributed by atoms with Crippen LogP contribution in [0, 0.1) is 6.92 Å². The van der Waals surface area contributed by atoms with Crippen LogP contribution < -0.4 is 15.0 Å². The van der Waals surface area contributed by atoms with E-state index in [2.05, 4.69) is 5.32 Å².